The van der Waals surface area contributed by atoms with E-state index in [9.17, 15) is 0 Å². The molecule has 1 unspecified atom stereocenters. The average molecular weight is 222 g/mol. The van der Waals surface area contributed by atoms with Crippen molar-refractivity contribution < 1.29 is 4.74 Å². The molecule has 0 N–H and O–H groups in total. The molecule has 3 aliphatic rings. The van der Waals surface area contributed by atoms with Crippen LogP contribution in [0.1, 0.15) is 59.8 Å². The molecule has 16 heavy (non-hydrogen) atoms. The van der Waals surface area contributed by atoms with Crippen LogP contribution in [0.2, 0.25) is 0 Å². The van der Waals surface area contributed by atoms with Crippen LogP contribution in [-0.4, -0.2) is 11.7 Å². The van der Waals surface area contributed by atoms with Gasteiger partial charge in [0.05, 0.1) is 11.7 Å². The van der Waals surface area contributed by atoms with Crippen molar-refractivity contribution in [2.45, 2.75) is 71.5 Å². The highest BCUT2D eigenvalue weighted by atomic mass is 16.5. The molecule has 2 aliphatic carbocycles. The Bertz CT molecular complexity index is 298. The number of rotatable bonds is 1. The second-order valence-electron chi connectivity index (χ2n) is 7.24. The molecule has 0 radical (unpaired) electrons. The van der Waals surface area contributed by atoms with Crippen LogP contribution in [0.25, 0.3) is 0 Å². The van der Waals surface area contributed by atoms with Gasteiger partial charge in [-0.3, -0.25) is 0 Å². The van der Waals surface area contributed by atoms with Gasteiger partial charge in [-0.25, -0.2) is 0 Å². The fourth-order valence-electron chi connectivity index (χ4n) is 4.76. The molecule has 3 fully saturated rings. The number of hydrogen-bond acceptors (Lipinski definition) is 1. The Labute approximate surface area is 99.9 Å². The molecule has 92 valence electrons. The summed E-state index contributed by atoms with van der Waals surface area (Å²) >= 11 is 0. The van der Waals surface area contributed by atoms with Crippen molar-refractivity contribution in [2.75, 3.05) is 0 Å². The summed E-state index contributed by atoms with van der Waals surface area (Å²) in [5, 5.41) is 0. The van der Waals surface area contributed by atoms with Gasteiger partial charge in [0.25, 0.3) is 0 Å². The third kappa shape index (κ3) is 1.27. The Balaban J connectivity index is 1.97. The highest BCUT2D eigenvalue weighted by molar-refractivity contribution is 5.07. The van der Waals surface area contributed by atoms with Gasteiger partial charge in [-0.2, -0.15) is 0 Å². The second kappa shape index (κ2) is 3.25. The van der Waals surface area contributed by atoms with Gasteiger partial charge < -0.3 is 4.74 Å². The fraction of sp³-hybridized carbons (Fsp3) is 1.00. The molecule has 1 aliphatic heterocycles. The molecule has 0 amide bonds. The van der Waals surface area contributed by atoms with Gasteiger partial charge in [-0.1, -0.05) is 27.7 Å². The van der Waals surface area contributed by atoms with Crippen molar-refractivity contribution in [1.82, 2.24) is 0 Å². The van der Waals surface area contributed by atoms with Crippen molar-refractivity contribution in [3.63, 3.8) is 0 Å². The van der Waals surface area contributed by atoms with E-state index in [-0.39, 0.29) is 5.60 Å². The van der Waals surface area contributed by atoms with Gasteiger partial charge >= 0.3 is 0 Å². The molecule has 1 saturated heterocycles. The first kappa shape index (κ1) is 11.1. The molecule has 1 heterocycles. The first-order chi connectivity index (χ1) is 7.47. The first-order valence-electron chi connectivity index (χ1n) is 7.15. The maximum absolute atomic E-state index is 6.55. The minimum atomic E-state index is 0.238. The van der Waals surface area contributed by atoms with E-state index >= 15 is 0 Å². The lowest BCUT2D eigenvalue weighted by molar-refractivity contribution is -0.261. The van der Waals surface area contributed by atoms with E-state index in [1.807, 2.05) is 0 Å². The van der Waals surface area contributed by atoms with Gasteiger partial charge in [-0.05, 0) is 55.3 Å². The van der Waals surface area contributed by atoms with Crippen molar-refractivity contribution in [1.29, 1.82) is 0 Å². The molecular formula is C15H26O. The predicted molar refractivity (Wildman–Crippen MR) is 66.3 cm³/mol. The Morgan fingerprint density at radius 1 is 1.19 bits per heavy atom. The molecular weight excluding hydrogens is 196 g/mol. The van der Waals surface area contributed by atoms with Crippen molar-refractivity contribution >= 4 is 0 Å². The minimum absolute atomic E-state index is 0.238. The Kier molecular flexibility index (Phi) is 2.25. The van der Waals surface area contributed by atoms with Gasteiger partial charge in [0.2, 0.25) is 0 Å². The maximum atomic E-state index is 6.55. The van der Waals surface area contributed by atoms with E-state index in [1.54, 1.807) is 0 Å². The molecule has 3 bridgehead atoms. The lowest BCUT2D eigenvalue weighted by atomic mass is 9.50. The largest absolute Gasteiger partial charge is 0.371 e. The normalized spacial score (nSPS) is 55.7. The van der Waals surface area contributed by atoms with Gasteiger partial charge in [0.15, 0.2) is 0 Å². The first-order valence-corrected chi connectivity index (χ1v) is 7.15. The predicted octanol–water partition coefficient (Wildman–Crippen LogP) is 4.02. The topological polar surface area (TPSA) is 9.23 Å². The summed E-state index contributed by atoms with van der Waals surface area (Å²) < 4.78 is 6.55. The van der Waals surface area contributed by atoms with Crippen molar-refractivity contribution in [2.24, 2.45) is 23.2 Å². The van der Waals surface area contributed by atoms with Crippen LogP contribution >= 0.6 is 0 Å². The maximum Gasteiger partial charge on any atom is 0.0712 e. The van der Waals surface area contributed by atoms with Crippen LogP contribution in [0.3, 0.4) is 0 Å². The minimum Gasteiger partial charge on any atom is -0.371 e. The molecule has 0 spiro atoms. The van der Waals surface area contributed by atoms with Crippen LogP contribution in [0.5, 0.6) is 0 Å². The standard InChI is InChI=1S/C15H26O/c1-10(2)15-8-7-14(4)6-5-13(16-15)11(3)12(14)9-15/h10-13H,5-9H2,1-4H3/t11-,12-,13?,14+,15-/m0/s1. The van der Waals surface area contributed by atoms with Crippen molar-refractivity contribution in [3.8, 4) is 0 Å². The fourth-order valence-corrected chi connectivity index (χ4v) is 4.76. The number of fused-ring (bicyclic) bond motifs is 2. The van der Waals surface area contributed by atoms with E-state index in [0.717, 1.165) is 11.8 Å². The average Bonchev–Trinajstić information content (AvgIpc) is 2.22. The molecule has 0 aromatic rings. The summed E-state index contributed by atoms with van der Waals surface area (Å²) in [6.07, 6.45) is 7.31. The van der Waals surface area contributed by atoms with Gasteiger partial charge in [0.1, 0.15) is 0 Å². The van der Waals surface area contributed by atoms with E-state index in [0.29, 0.717) is 17.4 Å². The third-order valence-electron chi connectivity index (χ3n) is 6.24. The summed E-state index contributed by atoms with van der Waals surface area (Å²) in [6.45, 7) is 9.69. The molecule has 1 nitrogen and oxygen atoms in total. The zero-order chi connectivity index (χ0) is 11.6. The Morgan fingerprint density at radius 3 is 2.62 bits per heavy atom. The molecule has 2 saturated carbocycles. The second-order valence-corrected chi connectivity index (χ2v) is 7.24. The SMILES string of the molecule is CC(C)[C@@]12CC[C@@]3(C)CCC(O1)[C@@H](C)[C@@H]3C2. The van der Waals surface area contributed by atoms with Crippen LogP contribution in [0, 0.1) is 23.2 Å². The molecule has 0 aromatic carbocycles. The smallest absolute Gasteiger partial charge is 0.0712 e. The van der Waals surface area contributed by atoms with Crippen LogP contribution in [-0.2, 0) is 4.74 Å². The summed E-state index contributed by atoms with van der Waals surface area (Å²) in [6, 6.07) is 0. The molecule has 3 rings (SSSR count). The lowest BCUT2D eigenvalue weighted by Crippen LogP contribution is -2.61. The number of ether oxygens (including phenoxy) is 1. The van der Waals surface area contributed by atoms with Crippen LogP contribution < -0.4 is 0 Å². The summed E-state index contributed by atoms with van der Waals surface area (Å²) in [4.78, 5) is 0. The van der Waals surface area contributed by atoms with Gasteiger partial charge in [0, 0.05) is 0 Å². The molecule has 1 heteroatoms. The molecule has 0 aromatic heterocycles. The van der Waals surface area contributed by atoms with Crippen LogP contribution in [0.15, 0.2) is 0 Å². The van der Waals surface area contributed by atoms with Crippen LogP contribution in [0.4, 0.5) is 0 Å². The Morgan fingerprint density at radius 2 is 1.94 bits per heavy atom. The lowest BCUT2D eigenvalue weighted by Gasteiger charge is -2.63. The van der Waals surface area contributed by atoms with E-state index in [2.05, 4.69) is 27.7 Å². The van der Waals surface area contributed by atoms with Crippen molar-refractivity contribution in [3.05, 3.63) is 0 Å². The number of hydrogen-bond donors (Lipinski definition) is 0. The summed E-state index contributed by atoms with van der Waals surface area (Å²) in [5.41, 5.74) is 0.875. The third-order valence-corrected chi connectivity index (χ3v) is 6.24. The quantitative estimate of drug-likeness (QED) is 0.651. The summed E-state index contributed by atoms with van der Waals surface area (Å²) in [7, 11) is 0. The zero-order valence-corrected chi connectivity index (χ0v) is 11.3. The van der Waals surface area contributed by atoms with E-state index < -0.39 is 0 Å². The Hall–Kier alpha value is -0.0400. The van der Waals surface area contributed by atoms with E-state index in [4.69, 9.17) is 4.74 Å². The highest BCUT2D eigenvalue weighted by Crippen LogP contribution is 2.61. The van der Waals surface area contributed by atoms with E-state index in [1.165, 1.54) is 32.1 Å². The zero-order valence-electron chi connectivity index (χ0n) is 11.3. The summed E-state index contributed by atoms with van der Waals surface area (Å²) in [5.74, 6) is 2.41. The highest BCUT2D eigenvalue weighted by Gasteiger charge is 2.58. The molecule has 5 atom stereocenters. The van der Waals surface area contributed by atoms with Gasteiger partial charge in [-0.15, -0.1) is 0 Å². The monoisotopic (exact) mass is 222 g/mol.